The largest absolute Gasteiger partial charge is 0.379 e. The summed E-state index contributed by atoms with van der Waals surface area (Å²) in [5, 5.41) is 3.01. The third kappa shape index (κ3) is 5.47. The molecule has 1 aromatic carbocycles. The van der Waals surface area contributed by atoms with Gasteiger partial charge in [0.2, 0.25) is 10.0 Å². The normalized spacial score (nSPS) is 17.0. The number of aliphatic imine (C=N–C) groups is 1. The van der Waals surface area contributed by atoms with Gasteiger partial charge >= 0.3 is 0 Å². The molecule has 2 rings (SSSR count). The Bertz CT molecular complexity index is 655. The van der Waals surface area contributed by atoms with Crippen LogP contribution >= 0.6 is 0 Å². The van der Waals surface area contributed by atoms with E-state index in [0.717, 1.165) is 24.1 Å². The maximum Gasteiger partial charge on any atom is 0.218 e. The topological polar surface area (TPSA) is 97.0 Å². The fourth-order valence-corrected chi connectivity index (χ4v) is 4.01. The van der Waals surface area contributed by atoms with Crippen molar-refractivity contribution < 1.29 is 13.2 Å². The van der Waals surface area contributed by atoms with Crippen LogP contribution in [0.3, 0.4) is 0 Å². The number of ether oxygens (including phenoxy) is 1. The summed E-state index contributed by atoms with van der Waals surface area (Å²) < 4.78 is 31.9. The van der Waals surface area contributed by atoms with E-state index in [1.165, 1.54) is 4.31 Å². The number of hydrogen-bond acceptors (Lipinski definition) is 4. The predicted octanol–water partition coefficient (Wildman–Crippen LogP) is 0.663. The van der Waals surface area contributed by atoms with E-state index < -0.39 is 10.0 Å². The van der Waals surface area contributed by atoms with Crippen molar-refractivity contribution >= 4 is 16.0 Å². The van der Waals surface area contributed by atoms with Crippen LogP contribution in [0.4, 0.5) is 0 Å². The van der Waals surface area contributed by atoms with Crippen LogP contribution < -0.4 is 11.1 Å². The van der Waals surface area contributed by atoms with Gasteiger partial charge in [0.05, 0.1) is 25.5 Å². The minimum Gasteiger partial charge on any atom is -0.379 e. The minimum absolute atomic E-state index is 0.0268. The third-order valence-corrected chi connectivity index (χ3v) is 5.62. The standard InChI is InChI=1S/C16H26N4O3S/c1-2-7-18-16(17)19-12-14-5-3-4-6-15(14)13-24(21,22)20-8-10-23-11-9-20/h3-6H,2,7-13H2,1H3,(H3,17,18,19). The molecule has 134 valence electrons. The van der Waals surface area contributed by atoms with Gasteiger partial charge < -0.3 is 15.8 Å². The van der Waals surface area contributed by atoms with Crippen LogP contribution in [0.2, 0.25) is 0 Å². The lowest BCUT2D eigenvalue weighted by Crippen LogP contribution is -2.41. The maximum absolute atomic E-state index is 12.6. The van der Waals surface area contributed by atoms with Crippen molar-refractivity contribution in [2.24, 2.45) is 10.7 Å². The Labute approximate surface area is 143 Å². The second-order valence-corrected chi connectivity index (χ2v) is 7.63. The molecule has 1 aliphatic rings. The number of morpholine rings is 1. The van der Waals surface area contributed by atoms with Gasteiger partial charge in [0.15, 0.2) is 5.96 Å². The highest BCUT2D eigenvalue weighted by Gasteiger charge is 2.25. The van der Waals surface area contributed by atoms with Crippen LogP contribution in [-0.4, -0.2) is 51.5 Å². The number of sulfonamides is 1. The fourth-order valence-electron chi connectivity index (χ4n) is 2.44. The molecule has 1 heterocycles. The molecule has 1 fully saturated rings. The molecule has 0 unspecified atom stereocenters. The smallest absolute Gasteiger partial charge is 0.218 e. The molecular weight excluding hydrogens is 328 g/mol. The highest BCUT2D eigenvalue weighted by molar-refractivity contribution is 7.88. The van der Waals surface area contributed by atoms with Gasteiger partial charge in [-0.1, -0.05) is 31.2 Å². The lowest BCUT2D eigenvalue weighted by molar-refractivity contribution is 0.0729. The van der Waals surface area contributed by atoms with E-state index in [9.17, 15) is 8.42 Å². The number of hydrogen-bond donors (Lipinski definition) is 2. The molecule has 1 aliphatic heterocycles. The van der Waals surface area contributed by atoms with Crippen molar-refractivity contribution in [2.75, 3.05) is 32.8 Å². The van der Waals surface area contributed by atoms with Gasteiger partial charge in [0, 0.05) is 19.6 Å². The van der Waals surface area contributed by atoms with Crippen LogP contribution in [-0.2, 0) is 27.1 Å². The zero-order valence-electron chi connectivity index (χ0n) is 14.1. The molecule has 0 atom stereocenters. The summed E-state index contributed by atoms with van der Waals surface area (Å²) in [5.74, 6) is 0.351. The van der Waals surface area contributed by atoms with Gasteiger partial charge in [0.1, 0.15) is 0 Å². The van der Waals surface area contributed by atoms with Crippen LogP contribution in [0.5, 0.6) is 0 Å². The Morgan fingerprint density at radius 3 is 2.62 bits per heavy atom. The van der Waals surface area contributed by atoms with E-state index >= 15 is 0 Å². The Morgan fingerprint density at radius 2 is 1.96 bits per heavy atom. The third-order valence-electron chi connectivity index (χ3n) is 3.80. The van der Waals surface area contributed by atoms with E-state index in [2.05, 4.69) is 10.3 Å². The molecule has 0 bridgehead atoms. The van der Waals surface area contributed by atoms with Crippen molar-refractivity contribution in [1.29, 1.82) is 0 Å². The molecule has 3 N–H and O–H groups in total. The summed E-state index contributed by atoms with van der Waals surface area (Å²) in [4.78, 5) is 4.29. The van der Waals surface area contributed by atoms with Gasteiger partial charge in [0.25, 0.3) is 0 Å². The summed E-state index contributed by atoms with van der Waals surface area (Å²) in [5.41, 5.74) is 7.43. The van der Waals surface area contributed by atoms with E-state index in [1.807, 2.05) is 31.2 Å². The second-order valence-electron chi connectivity index (χ2n) is 5.66. The first-order valence-corrected chi connectivity index (χ1v) is 9.80. The number of nitrogens with zero attached hydrogens (tertiary/aromatic N) is 2. The van der Waals surface area contributed by atoms with E-state index in [0.29, 0.717) is 38.8 Å². The number of benzene rings is 1. The SMILES string of the molecule is CCCNC(N)=NCc1ccccc1CS(=O)(=O)N1CCOCC1. The Balaban J connectivity index is 2.08. The molecule has 1 aromatic rings. The van der Waals surface area contributed by atoms with Gasteiger partial charge in [-0.15, -0.1) is 0 Å². The Hall–Kier alpha value is -1.64. The van der Waals surface area contributed by atoms with Gasteiger partial charge in [-0.3, -0.25) is 0 Å². The molecular formula is C16H26N4O3S. The molecule has 8 heteroatoms. The van der Waals surface area contributed by atoms with Crippen molar-refractivity contribution in [3.63, 3.8) is 0 Å². The average Bonchev–Trinajstić information content (AvgIpc) is 2.59. The molecule has 0 saturated carbocycles. The van der Waals surface area contributed by atoms with Crippen LogP contribution in [0.25, 0.3) is 0 Å². The van der Waals surface area contributed by atoms with Gasteiger partial charge in [-0.25, -0.2) is 13.4 Å². The molecule has 0 radical (unpaired) electrons. The van der Waals surface area contributed by atoms with Crippen LogP contribution in [0, 0.1) is 0 Å². The lowest BCUT2D eigenvalue weighted by Gasteiger charge is -2.26. The van der Waals surface area contributed by atoms with E-state index in [-0.39, 0.29) is 5.75 Å². The van der Waals surface area contributed by atoms with Crippen molar-refractivity contribution in [3.8, 4) is 0 Å². The number of rotatable bonds is 7. The number of nitrogens with two attached hydrogens (primary N) is 1. The molecule has 0 spiro atoms. The molecule has 1 saturated heterocycles. The summed E-state index contributed by atoms with van der Waals surface area (Å²) in [6.45, 7) is 4.90. The molecule has 24 heavy (non-hydrogen) atoms. The predicted molar refractivity (Wildman–Crippen MR) is 95.1 cm³/mol. The summed E-state index contributed by atoms with van der Waals surface area (Å²) in [7, 11) is -3.35. The monoisotopic (exact) mass is 354 g/mol. The van der Waals surface area contributed by atoms with E-state index in [1.54, 1.807) is 0 Å². The first-order chi connectivity index (χ1) is 11.5. The van der Waals surface area contributed by atoms with Crippen molar-refractivity contribution in [1.82, 2.24) is 9.62 Å². The minimum atomic E-state index is -3.35. The molecule has 7 nitrogen and oxygen atoms in total. The number of guanidine groups is 1. The maximum atomic E-state index is 12.6. The average molecular weight is 354 g/mol. The van der Waals surface area contributed by atoms with Crippen molar-refractivity contribution in [3.05, 3.63) is 35.4 Å². The lowest BCUT2D eigenvalue weighted by atomic mass is 10.1. The summed E-state index contributed by atoms with van der Waals surface area (Å²) >= 11 is 0. The molecule has 0 aromatic heterocycles. The summed E-state index contributed by atoms with van der Waals surface area (Å²) in [6.07, 6.45) is 0.963. The highest BCUT2D eigenvalue weighted by atomic mass is 32.2. The molecule has 0 amide bonds. The first-order valence-electron chi connectivity index (χ1n) is 8.19. The Kier molecular flexibility index (Phi) is 7.01. The molecule has 0 aliphatic carbocycles. The van der Waals surface area contributed by atoms with E-state index in [4.69, 9.17) is 10.5 Å². The quantitative estimate of drug-likeness (QED) is 0.554. The van der Waals surface area contributed by atoms with Gasteiger partial charge in [-0.05, 0) is 17.5 Å². The zero-order valence-corrected chi connectivity index (χ0v) is 14.9. The van der Waals surface area contributed by atoms with Crippen LogP contribution in [0.1, 0.15) is 24.5 Å². The number of nitrogens with one attached hydrogen (secondary N) is 1. The van der Waals surface area contributed by atoms with Crippen LogP contribution in [0.15, 0.2) is 29.3 Å². The first kappa shape index (κ1) is 18.7. The van der Waals surface area contributed by atoms with Gasteiger partial charge in [-0.2, -0.15) is 4.31 Å². The fraction of sp³-hybridized carbons (Fsp3) is 0.562. The zero-order chi connectivity index (χ0) is 17.4. The highest BCUT2D eigenvalue weighted by Crippen LogP contribution is 2.17. The summed E-state index contributed by atoms with van der Waals surface area (Å²) in [6, 6.07) is 7.45. The second kappa shape index (κ2) is 9.00. The Morgan fingerprint density at radius 1 is 1.29 bits per heavy atom. The van der Waals surface area contributed by atoms with Crippen molar-refractivity contribution in [2.45, 2.75) is 25.6 Å².